The van der Waals surface area contributed by atoms with E-state index in [0.717, 1.165) is 5.56 Å². The molecule has 1 heterocycles. The first-order valence-electron chi connectivity index (χ1n) is 8.63. The number of nitrogens with one attached hydrogen (secondary N) is 2. The predicted octanol–water partition coefficient (Wildman–Crippen LogP) is 1.98. The minimum Gasteiger partial charge on any atom is -0.375 e. The summed E-state index contributed by atoms with van der Waals surface area (Å²) in [7, 11) is -2.36. The zero-order valence-electron chi connectivity index (χ0n) is 15.6. The van der Waals surface area contributed by atoms with E-state index in [1.54, 1.807) is 17.0 Å². The zero-order valence-corrected chi connectivity index (χ0v) is 16.4. The van der Waals surface area contributed by atoms with E-state index in [2.05, 4.69) is 10.0 Å². The highest BCUT2D eigenvalue weighted by atomic mass is 32.2. The highest BCUT2D eigenvalue weighted by molar-refractivity contribution is 7.92. The van der Waals surface area contributed by atoms with Crippen LogP contribution < -0.4 is 14.9 Å². The molecule has 0 unspecified atom stereocenters. The molecule has 2 amide bonds. The number of methoxy groups -OCH3 is 1. The van der Waals surface area contributed by atoms with Gasteiger partial charge in [-0.1, -0.05) is 6.07 Å². The van der Waals surface area contributed by atoms with Gasteiger partial charge >= 0.3 is 0 Å². The summed E-state index contributed by atoms with van der Waals surface area (Å²) in [6, 6.07) is 11.0. The highest BCUT2D eigenvalue weighted by Gasteiger charge is 2.25. The molecule has 1 aliphatic heterocycles. The van der Waals surface area contributed by atoms with Crippen LogP contribution in [0.5, 0.6) is 0 Å². The molecule has 3 rings (SSSR count). The summed E-state index contributed by atoms with van der Waals surface area (Å²) < 4.78 is 32.7. The van der Waals surface area contributed by atoms with Gasteiger partial charge in [0.25, 0.3) is 15.9 Å². The summed E-state index contributed by atoms with van der Waals surface area (Å²) in [6.45, 7) is 1.88. The molecule has 0 fully saturated rings. The Kier molecular flexibility index (Phi) is 5.66. The second-order valence-corrected chi connectivity index (χ2v) is 8.07. The maximum Gasteiger partial charge on any atom is 0.261 e. The van der Waals surface area contributed by atoms with Crippen molar-refractivity contribution in [1.29, 1.82) is 0 Å². The van der Waals surface area contributed by atoms with Crippen LogP contribution in [0.4, 0.5) is 17.1 Å². The lowest BCUT2D eigenvalue weighted by atomic mass is 10.1. The van der Waals surface area contributed by atoms with Crippen LogP contribution >= 0.6 is 0 Å². The first kappa shape index (κ1) is 19.8. The smallest absolute Gasteiger partial charge is 0.261 e. The van der Waals surface area contributed by atoms with Gasteiger partial charge in [-0.15, -0.1) is 0 Å². The number of rotatable bonds is 6. The van der Waals surface area contributed by atoms with Gasteiger partial charge in [-0.25, -0.2) is 8.42 Å². The van der Waals surface area contributed by atoms with E-state index in [1.807, 2.05) is 6.07 Å². The van der Waals surface area contributed by atoms with E-state index in [0.29, 0.717) is 30.0 Å². The summed E-state index contributed by atoms with van der Waals surface area (Å²) >= 11 is 0. The van der Waals surface area contributed by atoms with Gasteiger partial charge in [0.15, 0.2) is 0 Å². The monoisotopic (exact) mass is 403 g/mol. The number of carbonyl (C=O) groups is 2. The van der Waals surface area contributed by atoms with Crippen molar-refractivity contribution in [2.45, 2.75) is 18.2 Å². The van der Waals surface area contributed by atoms with Crippen molar-refractivity contribution >= 4 is 38.9 Å². The molecule has 2 aromatic carbocycles. The molecule has 0 saturated carbocycles. The van der Waals surface area contributed by atoms with Crippen molar-refractivity contribution in [3.8, 4) is 0 Å². The lowest BCUT2D eigenvalue weighted by molar-refractivity contribution is -0.122. The maximum absolute atomic E-state index is 12.7. The number of hydrogen-bond donors (Lipinski definition) is 2. The van der Waals surface area contributed by atoms with Crippen LogP contribution in [-0.2, 0) is 30.8 Å². The van der Waals surface area contributed by atoms with Gasteiger partial charge in [0.05, 0.1) is 10.6 Å². The Morgan fingerprint density at radius 3 is 2.43 bits per heavy atom. The molecule has 0 atom stereocenters. The summed E-state index contributed by atoms with van der Waals surface area (Å²) in [6.07, 6.45) is 0.711. The van der Waals surface area contributed by atoms with Crippen LogP contribution in [0.2, 0.25) is 0 Å². The van der Waals surface area contributed by atoms with Crippen molar-refractivity contribution in [2.75, 3.05) is 35.2 Å². The first-order valence-corrected chi connectivity index (χ1v) is 10.1. The minimum absolute atomic E-state index is 0.0317. The fourth-order valence-corrected chi connectivity index (χ4v) is 4.09. The fraction of sp³-hybridized carbons (Fsp3) is 0.263. The van der Waals surface area contributed by atoms with Gasteiger partial charge in [-0.05, 0) is 48.4 Å². The van der Waals surface area contributed by atoms with Gasteiger partial charge < -0.3 is 15.0 Å². The molecular formula is C19H21N3O5S. The second kappa shape index (κ2) is 7.99. The van der Waals surface area contributed by atoms with E-state index in [9.17, 15) is 18.0 Å². The summed E-state index contributed by atoms with van der Waals surface area (Å²) in [5.41, 5.74) is 2.54. The predicted molar refractivity (Wildman–Crippen MR) is 106 cm³/mol. The molecule has 8 nitrogen and oxygen atoms in total. The first-order chi connectivity index (χ1) is 13.3. The molecular weight excluding hydrogens is 382 g/mol. The van der Waals surface area contributed by atoms with Crippen molar-refractivity contribution in [2.24, 2.45) is 0 Å². The average Bonchev–Trinajstić information content (AvgIpc) is 3.05. The van der Waals surface area contributed by atoms with Crippen LogP contribution in [0.25, 0.3) is 0 Å². The third-order valence-electron chi connectivity index (χ3n) is 4.29. The lowest BCUT2D eigenvalue weighted by Gasteiger charge is -2.18. The molecule has 2 aromatic rings. The molecule has 0 spiro atoms. The number of benzene rings is 2. The number of nitrogens with zero attached hydrogens (tertiary/aromatic N) is 1. The number of hydrogen-bond acceptors (Lipinski definition) is 5. The van der Waals surface area contributed by atoms with Gasteiger partial charge in [0.2, 0.25) is 5.91 Å². The molecule has 0 aliphatic carbocycles. The molecule has 0 saturated heterocycles. The number of amides is 2. The highest BCUT2D eigenvalue weighted by Crippen LogP contribution is 2.32. The van der Waals surface area contributed by atoms with Crippen LogP contribution in [-0.4, -0.2) is 40.5 Å². The third-order valence-corrected chi connectivity index (χ3v) is 5.68. The molecule has 2 N–H and O–H groups in total. The molecule has 0 aromatic heterocycles. The molecule has 28 heavy (non-hydrogen) atoms. The number of carbonyl (C=O) groups excluding carboxylic acids is 2. The molecule has 0 bridgehead atoms. The number of sulfonamides is 1. The minimum atomic E-state index is -3.81. The van der Waals surface area contributed by atoms with Crippen LogP contribution in [0.3, 0.4) is 0 Å². The van der Waals surface area contributed by atoms with E-state index in [1.165, 1.54) is 38.3 Å². The van der Waals surface area contributed by atoms with Crippen molar-refractivity contribution in [3.05, 3.63) is 48.0 Å². The summed E-state index contributed by atoms with van der Waals surface area (Å²) in [5, 5.41) is 2.59. The normalized spacial score (nSPS) is 13.1. The van der Waals surface area contributed by atoms with E-state index in [4.69, 9.17) is 4.74 Å². The van der Waals surface area contributed by atoms with Crippen molar-refractivity contribution in [1.82, 2.24) is 0 Å². The Morgan fingerprint density at radius 2 is 1.79 bits per heavy atom. The van der Waals surface area contributed by atoms with E-state index in [-0.39, 0.29) is 23.3 Å². The van der Waals surface area contributed by atoms with E-state index >= 15 is 0 Å². The fourth-order valence-electron chi connectivity index (χ4n) is 3.04. The van der Waals surface area contributed by atoms with Gasteiger partial charge in [-0.3, -0.25) is 14.3 Å². The van der Waals surface area contributed by atoms with Gasteiger partial charge in [0, 0.05) is 32.0 Å². The molecule has 1 aliphatic rings. The summed E-state index contributed by atoms with van der Waals surface area (Å²) in [4.78, 5) is 24.9. The molecule has 9 heteroatoms. The Bertz CT molecular complexity index is 1000. The Hall–Kier alpha value is -2.91. The van der Waals surface area contributed by atoms with Crippen LogP contribution in [0.1, 0.15) is 12.5 Å². The zero-order chi connectivity index (χ0) is 20.3. The van der Waals surface area contributed by atoms with Crippen LogP contribution in [0.15, 0.2) is 47.4 Å². The Labute approximate surface area is 163 Å². The Balaban J connectivity index is 1.80. The Morgan fingerprint density at radius 1 is 1.11 bits per heavy atom. The van der Waals surface area contributed by atoms with Crippen LogP contribution in [0, 0.1) is 0 Å². The number of ether oxygens (including phenoxy) is 1. The molecule has 148 valence electrons. The number of fused-ring (bicyclic) bond motifs is 1. The maximum atomic E-state index is 12.7. The molecule has 0 radical (unpaired) electrons. The van der Waals surface area contributed by atoms with Crippen molar-refractivity contribution < 1.29 is 22.7 Å². The van der Waals surface area contributed by atoms with Gasteiger partial charge in [-0.2, -0.15) is 0 Å². The summed E-state index contributed by atoms with van der Waals surface area (Å²) in [5.74, 6) is -0.408. The standard InChI is InChI=1S/C19H21N3O5S/c1-13(23)20-15-5-7-17(8-6-15)28(25,26)21-16-4-3-14-9-10-22(18(14)11-16)19(24)12-27-2/h3-8,11,21H,9-10,12H2,1-2H3,(H,20,23). The topological polar surface area (TPSA) is 105 Å². The second-order valence-electron chi connectivity index (χ2n) is 6.38. The van der Waals surface area contributed by atoms with Crippen molar-refractivity contribution in [3.63, 3.8) is 0 Å². The quantitative estimate of drug-likeness (QED) is 0.767. The lowest BCUT2D eigenvalue weighted by Crippen LogP contribution is -2.32. The third kappa shape index (κ3) is 4.32. The SMILES string of the molecule is COCC(=O)N1CCc2ccc(NS(=O)(=O)c3ccc(NC(C)=O)cc3)cc21. The van der Waals surface area contributed by atoms with E-state index < -0.39 is 10.0 Å². The number of anilines is 3. The average molecular weight is 403 g/mol. The van der Waals surface area contributed by atoms with Gasteiger partial charge in [0.1, 0.15) is 6.61 Å². The largest absolute Gasteiger partial charge is 0.375 e.